The number of anilines is 1. The van der Waals surface area contributed by atoms with Crippen LogP contribution in [0.15, 0.2) is 35.4 Å². The zero-order valence-corrected chi connectivity index (χ0v) is 22.8. The van der Waals surface area contributed by atoms with Gasteiger partial charge in [0, 0.05) is 48.3 Å². The molecule has 1 aliphatic carbocycles. The average Bonchev–Trinajstić information content (AvgIpc) is 3.21. The molecule has 1 amide bonds. The second-order valence-corrected chi connectivity index (χ2v) is 12.9. The Kier molecular flexibility index (Phi) is 6.82. The fourth-order valence-corrected chi connectivity index (χ4v) is 7.23. The van der Waals surface area contributed by atoms with E-state index >= 15 is 0 Å². The quantitative estimate of drug-likeness (QED) is 0.532. The summed E-state index contributed by atoms with van der Waals surface area (Å²) in [6.45, 7) is 9.06. The Hall–Kier alpha value is -2.50. The number of nitrogens with one attached hydrogen (secondary N) is 2. The molecule has 202 valence electrons. The first kappa shape index (κ1) is 26.1. The Morgan fingerprint density at radius 3 is 2.57 bits per heavy atom. The van der Waals surface area contributed by atoms with Crippen LogP contribution in [0.25, 0.3) is 10.9 Å². The Morgan fingerprint density at radius 2 is 1.95 bits per heavy atom. The number of fused-ring (bicyclic) bond motifs is 1. The second kappa shape index (κ2) is 9.67. The van der Waals surface area contributed by atoms with Crippen molar-refractivity contribution in [2.45, 2.75) is 81.6 Å². The lowest BCUT2D eigenvalue weighted by atomic mass is 10.1. The van der Waals surface area contributed by atoms with Crippen LogP contribution < -0.4 is 14.9 Å². The number of sulfonamides is 1. The van der Waals surface area contributed by atoms with Crippen molar-refractivity contribution in [2.75, 3.05) is 31.2 Å². The molecule has 37 heavy (non-hydrogen) atoms. The van der Waals surface area contributed by atoms with Crippen molar-refractivity contribution in [3.8, 4) is 0 Å². The van der Waals surface area contributed by atoms with Crippen LogP contribution in [-0.2, 0) is 14.8 Å². The van der Waals surface area contributed by atoms with Gasteiger partial charge in [0.05, 0.1) is 28.7 Å². The molecule has 1 aromatic heterocycles. The van der Waals surface area contributed by atoms with E-state index in [-0.39, 0.29) is 28.9 Å². The van der Waals surface area contributed by atoms with Gasteiger partial charge in [0.15, 0.2) is 0 Å². The van der Waals surface area contributed by atoms with E-state index in [0.29, 0.717) is 18.5 Å². The molecule has 2 N–H and O–H groups in total. The van der Waals surface area contributed by atoms with Gasteiger partial charge in [0.1, 0.15) is 6.67 Å². The predicted octanol–water partition coefficient (Wildman–Crippen LogP) is 2.74. The number of halogens is 1. The van der Waals surface area contributed by atoms with Gasteiger partial charge in [-0.25, -0.2) is 17.5 Å². The summed E-state index contributed by atoms with van der Waals surface area (Å²) in [5.41, 5.74) is 1.10. The minimum atomic E-state index is -3.77. The van der Waals surface area contributed by atoms with Gasteiger partial charge in [-0.15, -0.1) is 0 Å². The van der Waals surface area contributed by atoms with E-state index in [1.807, 2.05) is 6.92 Å². The maximum absolute atomic E-state index is 13.9. The van der Waals surface area contributed by atoms with Gasteiger partial charge in [-0.1, -0.05) is 6.08 Å². The first-order valence-corrected chi connectivity index (χ1v) is 14.6. The lowest BCUT2D eigenvalue weighted by Gasteiger charge is -2.38. The van der Waals surface area contributed by atoms with Crippen molar-refractivity contribution in [3.05, 3.63) is 30.5 Å². The topological polar surface area (TPSA) is 99.6 Å². The van der Waals surface area contributed by atoms with Crippen LogP contribution in [0, 0.1) is 0 Å². The molecule has 3 aliphatic rings. The number of rotatable bonds is 7. The zero-order valence-electron chi connectivity index (χ0n) is 21.9. The molecule has 9 nitrogen and oxygen atoms in total. The largest absolute Gasteiger partial charge is 0.368 e. The number of nitrogens with zero attached hydrogens (tertiary/aromatic N) is 4. The number of hydrogen-bond donors (Lipinski definition) is 2. The fourth-order valence-electron chi connectivity index (χ4n) is 5.73. The number of aromatic nitrogens is 2. The molecule has 2 aromatic rings. The molecule has 3 heterocycles. The van der Waals surface area contributed by atoms with Gasteiger partial charge in [-0.05, 0) is 65.2 Å². The summed E-state index contributed by atoms with van der Waals surface area (Å²) >= 11 is 0. The van der Waals surface area contributed by atoms with Crippen molar-refractivity contribution in [1.82, 2.24) is 24.7 Å². The summed E-state index contributed by atoms with van der Waals surface area (Å²) < 4.78 is 45.5. The third-order valence-corrected chi connectivity index (χ3v) is 9.38. The molecule has 3 fully saturated rings. The molecule has 0 bridgehead atoms. The molecule has 4 atom stereocenters. The summed E-state index contributed by atoms with van der Waals surface area (Å²) in [6, 6.07) is 3.12. The van der Waals surface area contributed by atoms with E-state index in [0.717, 1.165) is 37.0 Å². The summed E-state index contributed by atoms with van der Waals surface area (Å²) in [7, 11) is -3.77. The van der Waals surface area contributed by atoms with Crippen molar-refractivity contribution in [2.24, 2.45) is 0 Å². The Balaban J connectivity index is 1.59. The van der Waals surface area contributed by atoms with E-state index in [4.69, 9.17) is 0 Å². The summed E-state index contributed by atoms with van der Waals surface area (Å²) in [5.74, 6) is -0.223. The minimum Gasteiger partial charge on any atom is -0.368 e. The third kappa shape index (κ3) is 5.13. The Morgan fingerprint density at radius 1 is 1.24 bits per heavy atom. The van der Waals surface area contributed by atoms with Crippen LogP contribution in [0.4, 0.5) is 10.1 Å². The number of carbonyl (C=O) groups is 1. The van der Waals surface area contributed by atoms with Crippen LogP contribution >= 0.6 is 0 Å². The smallest absolute Gasteiger partial charge is 0.246 e. The number of allylic oxidation sites excluding steroid dienone is 1. The molecule has 2 aliphatic heterocycles. The summed E-state index contributed by atoms with van der Waals surface area (Å²) in [4.78, 5) is 16.6. The van der Waals surface area contributed by atoms with Gasteiger partial charge < -0.3 is 15.1 Å². The molecule has 11 heteroatoms. The second-order valence-electron chi connectivity index (χ2n) is 11.2. The number of amides is 1. The molecule has 0 spiro atoms. The van der Waals surface area contributed by atoms with Crippen LogP contribution in [0.5, 0.6) is 0 Å². The Labute approximate surface area is 218 Å². The van der Waals surface area contributed by atoms with Gasteiger partial charge in [-0.2, -0.15) is 5.10 Å². The van der Waals surface area contributed by atoms with Gasteiger partial charge in [0.2, 0.25) is 15.9 Å². The van der Waals surface area contributed by atoms with E-state index in [2.05, 4.69) is 33.9 Å². The van der Waals surface area contributed by atoms with Crippen LogP contribution in [-0.4, -0.2) is 79.0 Å². The first-order valence-electron chi connectivity index (χ1n) is 13.1. The Bertz CT molecular complexity index is 1310. The van der Waals surface area contributed by atoms with Gasteiger partial charge >= 0.3 is 0 Å². The predicted molar refractivity (Wildman–Crippen MR) is 142 cm³/mol. The highest BCUT2D eigenvalue weighted by Crippen LogP contribution is 2.39. The minimum absolute atomic E-state index is 0.200. The maximum Gasteiger partial charge on any atom is 0.246 e. The van der Waals surface area contributed by atoms with Crippen molar-refractivity contribution in [3.63, 3.8) is 0 Å². The third-order valence-electron chi connectivity index (χ3n) is 7.77. The van der Waals surface area contributed by atoms with E-state index in [9.17, 15) is 17.6 Å². The highest BCUT2D eigenvalue weighted by molar-refractivity contribution is 7.89. The van der Waals surface area contributed by atoms with E-state index < -0.39 is 28.3 Å². The SMILES string of the molecule is C/C=C/C(=O)N1C[C@H](n2ncc3c(N4C[C@H](C)N[C@@H](C)C4)cc(S(=O)(=O)NC4(C)CC4)cc32)C[C@H]1CF. The average molecular weight is 533 g/mol. The number of benzene rings is 1. The standard InChI is InChI=1S/C26H37FN6O3S/c1-5-6-25(34)32-16-20(9-19(32)12-27)33-24-11-21(37(35,36)30-26(4)7-8-26)10-23(22(24)13-28-33)31-14-17(2)29-18(3)15-31/h5-6,10-11,13,17-20,29-30H,7-9,12,14-16H2,1-4H3/b6-5+/t17-,18-,19-,20+/m0/s1. The number of piperazine rings is 1. The molecular formula is C26H37FN6O3S. The van der Waals surface area contributed by atoms with Crippen LogP contribution in [0.1, 0.15) is 53.0 Å². The molecule has 0 radical (unpaired) electrons. The van der Waals surface area contributed by atoms with Crippen molar-refractivity contribution >= 4 is 32.5 Å². The number of hydrogen-bond acceptors (Lipinski definition) is 6. The molecule has 5 rings (SSSR count). The van der Waals surface area contributed by atoms with Gasteiger partial charge in [0.25, 0.3) is 0 Å². The summed E-state index contributed by atoms with van der Waals surface area (Å²) in [5, 5.41) is 9.05. The number of alkyl halides is 1. The first-order chi connectivity index (χ1) is 17.5. The van der Waals surface area contributed by atoms with Crippen LogP contribution in [0.3, 0.4) is 0 Å². The highest BCUT2D eigenvalue weighted by Gasteiger charge is 2.42. The number of likely N-dealkylation sites (tertiary alicyclic amines) is 1. The highest BCUT2D eigenvalue weighted by atomic mass is 32.2. The van der Waals surface area contributed by atoms with Crippen LogP contribution in [0.2, 0.25) is 0 Å². The fraction of sp³-hybridized carbons (Fsp3) is 0.615. The maximum atomic E-state index is 13.9. The lowest BCUT2D eigenvalue weighted by Crippen LogP contribution is -2.54. The molecule has 1 aromatic carbocycles. The lowest BCUT2D eigenvalue weighted by molar-refractivity contribution is -0.127. The monoisotopic (exact) mass is 532 g/mol. The van der Waals surface area contributed by atoms with E-state index in [1.54, 1.807) is 40.9 Å². The zero-order chi connectivity index (χ0) is 26.5. The van der Waals surface area contributed by atoms with Crippen molar-refractivity contribution < 1.29 is 17.6 Å². The molecule has 2 saturated heterocycles. The van der Waals surface area contributed by atoms with Gasteiger partial charge in [-0.3, -0.25) is 9.48 Å². The van der Waals surface area contributed by atoms with Crippen molar-refractivity contribution in [1.29, 1.82) is 0 Å². The molecular weight excluding hydrogens is 495 g/mol. The molecule has 1 saturated carbocycles. The normalized spacial score (nSPS) is 27.9. The summed E-state index contributed by atoms with van der Waals surface area (Å²) in [6.07, 6.45) is 6.92. The number of carbonyl (C=O) groups excluding carboxylic acids is 1. The van der Waals surface area contributed by atoms with E-state index in [1.165, 1.54) is 6.08 Å². The molecule has 0 unspecified atom stereocenters.